The molecule has 17 heteroatoms. The molecule has 76 heavy (non-hydrogen) atoms. The smallest absolute Gasteiger partial charge is 0.124 e. The standard InChI is InChI=1S/C19H13N3O.C14H13N3.2C13H11N3.4Ir/c1-21-12-22(19-16(21)9-5-11-20-19)15-8-4-7-14-13-6-2-3-10-17(13)23-18(14)15;1-11-5-3-6-12(9-11)17-10-16(2)13-7-4-8-15-14(13)17;2*1-15-10-16(11-6-3-2-4-7-11)13-12(15)8-5-9-14-13;;;;/h2-7,9-12H,1H3;3-5,7-10H,1-2H3;2*2-6,8-10H,1H3;;;;/q4*-2;;;;. The van der Waals surface area contributed by atoms with Gasteiger partial charge in [0.25, 0.3) is 0 Å². The minimum atomic E-state index is 0. The molecule has 0 saturated carbocycles. The zero-order valence-corrected chi connectivity index (χ0v) is 51.2. The predicted molar refractivity (Wildman–Crippen MR) is 289 cm³/mol. The van der Waals surface area contributed by atoms with E-state index in [2.05, 4.69) is 112 Å². The van der Waals surface area contributed by atoms with Crippen molar-refractivity contribution in [2.24, 2.45) is 0 Å². The van der Waals surface area contributed by atoms with E-state index >= 15 is 0 Å². The molecule has 4 radical (unpaired) electrons. The van der Waals surface area contributed by atoms with Crippen LogP contribution in [0.15, 0.2) is 181 Å². The molecular weight excluding hydrogens is 1660 g/mol. The number of nitrogens with zero attached hydrogens (tertiary/aromatic N) is 12. The van der Waals surface area contributed by atoms with Crippen molar-refractivity contribution in [1.29, 1.82) is 0 Å². The third kappa shape index (κ3) is 11.6. The van der Waals surface area contributed by atoms with Crippen LogP contribution < -0.4 is 39.2 Å². The van der Waals surface area contributed by atoms with E-state index < -0.39 is 0 Å². The Labute approximate surface area is 498 Å². The molecule has 4 aliphatic heterocycles. The third-order valence-corrected chi connectivity index (χ3v) is 12.3. The summed E-state index contributed by atoms with van der Waals surface area (Å²) in [6.07, 6.45) is 7.23. The summed E-state index contributed by atoms with van der Waals surface area (Å²) in [6, 6.07) is 62.9. The molecule has 14 rings (SSSR count). The monoisotopic (exact) mass is 1710 g/mol. The van der Waals surface area contributed by atoms with E-state index in [9.17, 15) is 0 Å². The molecular formula is C59H48Ir4N12O-8. The van der Waals surface area contributed by atoms with Gasteiger partial charge in [0.1, 0.15) is 28.9 Å². The average Bonchev–Trinajstić information content (AvgIpc) is 4.25. The van der Waals surface area contributed by atoms with E-state index in [1.165, 1.54) is 5.56 Å². The summed E-state index contributed by atoms with van der Waals surface area (Å²) in [4.78, 5) is 34.1. The van der Waals surface area contributed by atoms with Crippen molar-refractivity contribution in [3.63, 3.8) is 0 Å². The van der Waals surface area contributed by atoms with Crippen molar-refractivity contribution in [3.05, 3.63) is 233 Å². The van der Waals surface area contributed by atoms with E-state index in [-0.39, 0.29) is 80.4 Å². The van der Waals surface area contributed by atoms with Crippen molar-refractivity contribution in [2.75, 3.05) is 67.4 Å². The third-order valence-electron chi connectivity index (χ3n) is 12.3. The molecule has 0 bridgehead atoms. The Kier molecular flexibility index (Phi) is 19.2. The summed E-state index contributed by atoms with van der Waals surface area (Å²) in [5.74, 6) is 3.75. The second-order valence-corrected chi connectivity index (χ2v) is 17.2. The Hall–Kier alpha value is -6.50. The van der Waals surface area contributed by atoms with E-state index in [4.69, 9.17) is 4.42 Å². The molecule has 0 fully saturated rings. The number of aromatic nitrogens is 4. The molecule has 394 valence electrons. The quantitative estimate of drug-likeness (QED) is 0.157. The fourth-order valence-electron chi connectivity index (χ4n) is 8.88. The van der Waals surface area contributed by atoms with Gasteiger partial charge in [-0.15, -0.1) is 23.1 Å². The topological polar surface area (TPSA) is 90.6 Å². The fourth-order valence-corrected chi connectivity index (χ4v) is 8.88. The Morgan fingerprint density at radius 1 is 0.395 bits per heavy atom. The van der Waals surface area contributed by atoms with Crippen molar-refractivity contribution < 1.29 is 84.8 Å². The van der Waals surface area contributed by atoms with Crippen LogP contribution in [0.1, 0.15) is 5.56 Å². The van der Waals surface area contributed by atoms with Crippen LogP contribution in [0.5, 0.6) is 0 Å². The molecule has 0 saturated heterocycles. The number of fused-ring (bicyclic) bond motifs is 7. The molecule has 0 amide bonds. The number of pyridine rings is 4. The van der Waals surface area contributed by atoms with Gasteiger partial charge in [0.15, 0.2) is 0 Å². The SMILES string of the molecule is CN1[CH-]N(c2[c-]ccc3c2oc2ccccc23)c2ncccc21.CN1[CH-]N(c2[c-]cccc2)c2ncccc21.CN1[CH-]N(c2[c-]cccc2)c2ncccc21.Cc1cc[c-]c(N2[CH-]N(C)c3cccnc32)c1.[Ir].[Ir].[Ir].[Ir]. The van der Waals surface area contributed by atoms with Crippen LogP contribution in [0.3, 0.4) is 0 Å². The summed E-state index contributed by atoms with van der Waals surface area (Å²) in [7, 11) is 8.07. The second kappa shape index (κ2) is 25.6. The summed E-state index contributed by atoms with van der Waals surface area (Å²) < 4.78 is 6.11. The molecule has 0 unspecified atom stereocenters. The average molecular weight is 1710 g/mol. The van der Waals surface area contributed by atoms with Gasteiger partial charge in [-0.3, -0.25) is 0 Å². The van der Waals surface area contributed by atoms with Crippen LogP contribution in [-0.2, 0) is 80.4 Å². The molecule has 5 aromatic heterocycles. The number of benzene rings is 5. The molecule has 0 atom stereocenters. The molecule has 0 aliphatic carbocycles. The zero-order chi connectivity index (χ0) is 49.1. The summed E-state index contributed by atoms with van der Waals surface area (Å²) in [6.45, 7) is 10.2. The predicted octanol–water partition coefficient (Wildman–Crippen LogP) is 12.6. The maximum atomic E-state index is 6.11. The number of para-hydroxylation sites is 3. The Morgan fingerprint density at radius 2 is 0.803 bits per heavy atom. The number of rotatable bonds is 4. The Bertz CT molecular complexity index is 3410. The van der Waals surface area contributed by atoms with E-state index in [0.717, 1.165) is 90.7 Å². The number of aryl methyl sites for hydroxylation is 1. The largest absolute Gasteiger partial charge is 0.514 e. The number of hydrogen-bond acceptors (Lipinski definition) is 13. The van der Waals surface area contributed by atoms with Crippen LogP contribution in [0, 0.1) is 57.9 Å². The van der Waals surface area contributed by atoms with Gasteiger partial charge in [0.2, 0.25) is 0 Å². The molecule has 5 aromatic carbocycles. The molecule has 10 aromatic rings. The van der Waals surface area contributed by atoms with E-state index in [1.807, 2.05) is 203 Å². The zero-order valence-electron chi connectivity index (χ0n) is 41.7. The first-order chi connectivity index (χ1) is 35.3. The number of furan rings is 1. The van der Waals surface area contributed by atoms with Crippen molar-refractivity contribution >= 4 is 90.7 Å². The van der Waals surface area contributed by atoms with Gasteiger partial charge in [-0.2, -0.15) is 129 Å². The van der Waals surface area contributed by atoms with Crippen LogP contribution in [0.2, 0.25) is 0 Å². The van der Waals surface area contributed by atoms with Crippen molar-refractivity contribution in [2.45, 2.75) is 6.92 Å². The van der Waals surface area contributed by atoms with Crippen LogP contribution >= 0.6 is 0 Å². The van der Waals surface area contributed by atoms with Gasteiger partial charge < -0.3 is 43.6 Å². The maximum Gasteiger partial charge on any atom is 0.124 e. The Morgan fingerprint density at radius 3 is 1.26 bits per heavy atom. The van der Waals surface area contributed by atoms with Gasteiger partial charge in [-0.05, 0) is 82.8 Å². The Balaban J connectivity index is 0.000000147. The van der Waals surface area contributed by atoms with Gasteiger partial charge in [0.05, 0.1) is 0 Å². The molecule has 13 nitrogen and oxygen atoms in total. The molecule has 4 aliphatic rings. The van der Waals surface area contributed by atoms with Gasteiger partial charge in [-0.25, -0.2) is 19.9 Å². The molecule has 0 N–H and O–H groups in total. The van der Waals surface area contributed by atoms with Gasteiger partial charge >= 0.3 is 0 Å². The summed E-state index contributed by atoms with van der Waals surface area (Å²) in [5.41, 5.74) is 11.3. The van der Waals surface area contributed by atoms with Crippen molar-refractivity contribution in [1.82, 2.24) is 19.9 Å². The first-order valence-electron chi connectivity index (χ1n) is 23.3. The number of hydrogen-bond donors (Lipinski definition) is 0. The molecule has 0 spiro atoms. The first kappa shape index (κ1) is 57.2. The van der Waals surface area contributed by atoms with Crippen LogP contribution in [0.4, 0.5) is 68.8 Å². The minimum absolute atomic E-state index is 0. The first-order valence-corrected chi connectivity index (χ1v) is 23.3. The van der Waals surface area contributed by atoms with Gasteiger partial charge in [-0.1, -0.05) is 36.2 Å². The van der Waals surface area contributed by atoms with Crippen LogP contribution in [0.25, 0.3) is 21.9 Å². The minimum Gasteiger partial charge on any atom is -0.514 e. The fraction of sp³-hybridized carbons (Fsp3) is 0.0847. The van der Waals surface area contributed by atoms with Gasteiger partial charge in [0, 0.05) is 139 Å². The summed E-state index contributed by atoms with van der Waals surface area (Å²) in [5, 5.41) is 2.21. The van der Waals surface area contributed by atoms with Crippen molar-refractivity contribution in [3.8, 4) is 0 Å². The second-order valence-electron chi connectivity index (χ2n) is 17.2. The van der Waals surface area contributed by atoms with Crippen LogP contribution in [-0.4, -0.2) is 48.1 Å². The maximum absolute atomic E-state index is 6.11. The summed E-state index contributed by atoms with van der Waals surface area (Å²) >= 11 is 0. The van der Waals surface area contributed by atoms with E-state index in [1.54, 1.807) is 6.20 Å². The normalized spacial score (nSPS) is 13.3. The number of anilines is 12. The molecule has 9 heterocycles. The van der Waals surface area contributed by atoms with E-state index in [0.29, 0.717) is 0 Å².